The molecule has 0 amide bonds. The molecule has 0 saturated carbocycles. The first-order valence-electron chi connectivity index (χ1n) is 8.29. The second kappa shape index (κ2) is 8.27. The number of aliphatic hydroxyl groups excluding tert-OH is 2. The Bertz CT molecular complexity index is 987. The summed E-state index contributed by atoms with van der Waals surface area (Å²) in [5.74, 6) is 0. The lowest BCUT2D eigenvalue weighted by atomic mass is 9.95. The summed E-state index contributed by atoms with van der Waals surface area (Å²) in [7, 11) is -8.79. The minimum absolute atomic E-state index is 0.0760. The van der Waals surface area contributed by atoms with Crippen molar-refractivity contribution in [1.82, 2.24) is 0 Å². The molecule has 2 aromatic carbocycles. The summed E-state index contributed by atoms with van der Waals surface area (Å²) in [5, 5.41) is 20.7. The topological polar surface area (TPSA) is 149 Å². The van der Waals surface area contributed by atoms with E-state index < -0.39 is 32.4 Å². The van der Waals surface area contributed by atoms with Crippen LogP contribution in [0.25, 0.3) is 0 Å². The fraction of sp³-hybridized carbons (Fsp3) is 0.333. The van der Waals surface area contributed by atoms with E-state index in [0.29, 0.717) is 22.3 Å². The Kier molecular flexibility index (Phi) is 6.64. The van der Waals surface area contributed by atoms with E-state index >= 15 is 0 Å². The zero-order valence-corrected chi connectivity index (χ0v) is 16.9. The molecule has 2 unspecified atom stereocenters. The quantitative estimate of drug-likeness (QED) is 0.480. The van der Waals surface area contributed by atoms with Gasteiger partial charge in [0.1, 0.15) is 0 Å². The Hall–Kier alpha value is -1.82. The number of hydrogen-bond donors (Lipinski definition) is 4. The Labute approximate surface area is 164 Å². The smallest absolute Gasteiger partial charge is 0.294 e. The van der Waals surface area contributed by atoms with Crippen LogP contribution in [-0.2, 0) is 33.1 Å². The van der Waals surface area contributed by atoms with E-state index in [1.54, 1.807) is 13.8 Å². The van der Waals surface area contributed by atoms with Gasteiger partial charge in [-0.05, 0) is 60.4 Å². The summed E-state index contributed by atoms with van der Waals surface area (Å²) < 4.78 is 63.4. The first kappa shape index (κ1) is 22.5. The summed E-state index contributed by atoms with van der Waals surface area (Å²) in [6, 6.07) is 7.90. The largest absolute Gasteiger partial charge is 0.390 e. The highest BCUT2D eigenvalue weighted by atomic mass is 32.2. The molecule has 0 bridgehead atoms. The van der Waals surface area contributed by atoms with E-state index in [9.17, 15) is 27.0 Å². The molecule has 0 aliphatic carbocycles. The van der Waals surface area contributed by atoms with Crippen LogP contribution < -0.4 is 0 Å². The normalized spacial score (nSPS) is 14.6. The van der Waals surface area contributed by atoms with Crippen LogP contribution >= 0.6 is 0 Å². The van der Waals surface area contributed by atoms with Gasteiger partial charge < -0.3 is 10.2 Å². The van der Waals surface area contributed by atoms with Crippen LogP contribution in [0.15, 0.2) is 46.2 Å². The first-order chi connectivity index (χ1) is 12.8. The van der Waals surface area contributed by atoms with Crippen LogP contribution in [0.5, 0.6) is 0 Å². The summed E-state index contributed by atoms with van der Waals surface area (Å²) in [6.07, 6.45) is -2.70. The lowest BCUT2D eigenvalue weighted by Gasteiger charge is -2.20. The number of aryl methyl sites for hydroxylation is 2. The van der Waals surface area contributed by atoms with Gasteiger partial charge in [-0.15, -0.1) is 0 Å². The van der Waals surface area contributed by atoms with Gasteiger partial charge in [0.2, 0.25) is 0 Å². The van der Waals surface area contributed by atoms with Crippen molar-refractivity contribution in [3.05, 3.63) is 58.7 Å². The Balaban J connectivity index is 2.22. The third-order valence-electron chi connectivity index (χ3n) is 4.54. The molecule has 0 spiro atoms. The number of aliphatic hydroxyl groups is 2. The van der Waals surface area contributed by atoms with Crippen molar-refractivity contribution in [3.63, 3.8) is 0 Å². The monoisotopic (exact) mass is 430 g/mol. The molecule has 0 fully saturated rings. The molecule has 0 aliphatic heterocycles. The zero-order valence-electron chi connectivity index (χ0n) is 15.3. The lowest BCUT2D eigenvalue weighted by Crippen LogP contribution is -2.30. The summed E-state index contributed by atoms with van der Waals surface area (Å²) in [5.41, 5.74) is 2.21. The molecule has 0 aromatic heterocycles. The fourth-order valence-electron chi connectivity index (χ4n) is 2.78. The molecule has 2 rings (SSSR count). The lowest BCUT2D eigenvalue weighted by molar-refractivity contribution is 0.0204. The van der Waals surface area contributed by atoms with Crippen molar-refractivity contribution in [2.75, 3.05) is 0 Å². The minimum atomic E-state index is -4.40. The average molecular weight is 431 g/mol. The number of hydrogen-bond acceptors (Lipinski definition) is 6. The molecule has 2 atom stereocenters. The van der Waals surface area contributed by atoms with E-state index in [1.165, 1.54) is 36.4 Å². The standard InChI is InChI=1S/C18H22O8S2/c1-11-3-5-15(27(21,22)23)7-13(11)9-17(19)18(20)10-14-8-16(28(24,25)26)6-4-12(14)2/h3-8,17-20H,9-10H2,1-2H3,(H,21,22,23)(H,24,25,26). The van der Waals surface area contributed by atoms with E-state index in [2.05, 4.69) is 0 Å². The highest BCUT2D eigenvalue weighted by Crippen LogP contribution is 2.21. The Morgan fingerprint density at radius 3 is 1.32 bits per heavy atom. The van der Waals surface area contributed by atoms with Gasteiger partial charge in [-0.1, -0.05) is 12.1 Å². The molecule has 2 aromatic rings. The summed E-state index contributed by atoms with van der Waals surface area (Å²) in [6.45, 7) is 3.39. The van der Waals surface area contributed by atoms with Gasteiger partial charge in [-0.25, -0.2) is 0 Å². The van der Waals surface area contributed by atoms with Gasteiger partial charge in [-0.2, -0.15) is 16.8 Å². The summed E-state index contributed by atoms with van der Waals surface area (Å²) >= 11 is 0. The maximum absolute atomic E-state index is 11.3. The minimum Gasteiger partial charge on any atom is -0.390 e. The molecule has 8 nitrogen and oxygen atoms in total. The van der Waals surface area contributed by atoms with Crippen molar-refractivity contribution in [3.8, 4) is 0 Å². The Morgan fingerprint density at radius 2 is 1.04 bits per heavy atom. The predicted molar refractivity (Wildman–Crippen MR) is 101 cm³/mol. The van der Waals surface area contributed by atoms with Crippen LogP contribution in [0.3, 0.4) is 0 Å². The van der Waals surface area contributed by atoms with E-state index in [4.69, 9.17) is 9.11 Å². The van der Waals surface area contributed by atoms with Gasteiger partial charge in [0, 0.05) is 12.8 Å². The Morgan fingerprint density at radius 1 is 0.714 bits per heavy atom. The molecule has 4 N–H and O–H groups in total. The molecule has 28 heavy (non-hydrogen) atoms. The van der Waals surface area contributed by atoms with Crippen LogP contribution in [0.2, 0.25) is 0 Å². The maximum Gasteiger partial charge on any atom is 0.294 e. The predicted octanol–water partition coefficient (Wildman–Crippen LogP) is 1.30. The molecule has 0 radical (unpaired) electrons. The van der Waals surface area contributed by atoms with Gasteiger partial charge >= 0.3 is 0 Å². The van der Waals surface area contributed by atoms with Crippen molar-refractivity contribution >= 4 is 20.2 Å². The van der Waals surface area contributed by atoms with Crippen LogP contribution in [0, 0.1) is 13.8 Å². The fourth-order valence-corrected chi connectivity index (χ4v) is 3.84. The maximum atomic E-state index is 11.3. The van der Waals surface area contributed by atoms with Crippen molar-refractivity contribution in [2.45, 2.75) is 48.7 Å². The molecule has 0 heterocycles. The van der Waals surface area contributed by atoms with E-state index in [0.717, 1.165) is 0 Å². The SMILES string of the molecule is Cc1ccc(S(=O)(=O)O)cc1CC(O)C(O)Cc1cc(S(=O)(=O)O)ccc1C. The van der Waals surface area contributed by atoms with Crippen LogP contribution in [-0.4, -0.2) is 48.4 Å². The van der Waals surface area contributed by atoms with Crippen molar-refractivity contribution in [2.24, 2.45) is 0 Å². The highest BCUT2D eigenvalue weighted by Gasteiger charge is 2.21. The van der Waals surface area contributed by atoms with Gasteiger partial charge in [0.15, 0.2) is 0 Å². The molecule has 0 aliphatic rings. The second-order valence-corrected chi connectivity index (χ2v) is 9.51. The van der Waals surface area contributed by atoms with Crippen LogP contribution in [0.1, 0.15) is 22.3 Å². The third kappa shape index (κ3) is 5.60. The van der Waals surface area contributed by atoms with E-state index in [-0.39, 0.29) is 22.6 Å². The zero-order chi connectivity index (χ0) is 21.3. The van der Waals surface area contributed by atoms with Gasteiger partial charge in [0.05, 0.1) is 22.0 Å². The molecule has 10 heteroatoms. The van der Waals surface area contributed by atoms with Gasteiger partial charge in [-0.3, -0.25) is 9.11 Å². The highest BCUT2D eigenvalue weighted by molar-refractivity contribution is 7.86. The van der Waals surface area contributed by atoms with Crippen molar-refractivity contribution in [1.29, 1.82) is 0 Å². The number of rotatable bonds is 7. The van der Waals surface area contributed by atoms with Crippen LogP contribution in [0.4, 0.5) is 0 Å². The second-order valence-electron chi connectivity index (χ2n) is 6.67. The molecule has 0 saturated heterocycles. The molecular formula is C18H22O8S2. The first-order valence-corrected chi connectivity index (χ1v) is 11.2. The third-order valence-corrected chi connectivity index (χ3v) is 6.24. The molecular weight excluding hydrogens is 408 g/mol. The van der Waals surface area contributed by atoms with Gasteiger partial charge in [0.25, 0.3) is 20.2 Å². The number of benzene rings is 2. The van der Waals surface area contributed by atoms with Crippen molar-refractivity contribution < 1.29 is 36.2 Å². The average Bonchev–Trinajstić information content (AvgIpc) is 2.56. The van der Waals surface area contributed by atoms with E-state index in [1.807, 2.05) is 0 Å². The molecule has 154 valence electrons. The summed E-state index contributed by atoms with van der Waals surface area (Å²) in [4.78, 5) is -0.627.